The number of benzene rings is 1. The van der Waals surface area contributed by atoms with Crippen LogP contribution in [0.15, 0.2) is 41.5 Å². The van der Waals surface area contributed by atoms with Crippen molar-refractivity contribution in [2.24, 2.45) is 28.8 Å². The highest BCUT2D eigenvalue weighted by atomic mass is 16.5. The molecule has 1 aromatic rings. The maximum atomic E-state index is 12.5. The van der Waals surface area contributed by atoms with E-state index in [1.807, 2.05) is 31.2 Å². The number of hydrogen-bond acceptors (Lipinski definition) is 4. The first kappa shape index (κ1) is 14.2. The van der Waals surface area contributed by atoms with E-state index in [-0.39, 0.29) is 35.5 Å². The summed E-state index contributed by atoms with van der Waals surface area (Å²) in [6, 6.07) is 7.39. The van der Waals surface area contributed by atoms with Gasteiger partial charge >= 0.3 is 0 Å². The molecule has 2 aliphatic carbocycles. The Balaban J connectivity index is 1.51. The lowest BCUT2D eigenvalue weighted by atomic mass is 9.85. The van der Waals surface area contributed by atoms with Gasteiger partial charge in [0.25, 0.3) is 11.8 Å². The van der Waals surface area contributed by atoms with Crippen molar-refractivity contribution in [3.05, 3.63) is 42.0 Å². The summed E-state index contributed by atoms with van der Waals surface area (Å²) < 4.78 is 5.38. The van der Waals surface area contributed by atoms with Gasteiger partial charge in [0.05, 0.1) is 24.7 Å². The zero-order valence-corrected chi connectivity index (χ0v) is 12.9. The molecule has 118 valence electrons. The predicted octanol–water partition coefficient (Wildman–Crippen LogP) is 2.23. The number of nitrogens with zero attached hydrogens (tertiary/aromatic N) is 2. The summed E-state index contributed by atoms with van der Waals surface area (Å²) in [5, 5.41) is 5.22. The van der Waals surface area contributed by atoms with Crippen molar-refractivity contribution in [1.82, 2.24) is 5.01 Å². The third kappa shape index (κ3) is 2.19. The van der Waals surface area contributed by atoms with Crippen molar-refractivity contribution >= 4 is 18.0 Å². The van der Waals surface area contributed by atoms with Gasteiger partial charge in [-0.25, -0.2) is 0 Å². The average molecular weight is 310 g/mol. The first-order valence-electron chi connectivity index (χ1n) is 8.02. The topological polar surface area (TPSA) is 59.0 Å². The van der Waals surface area contributed by atoms with Gasteiger partial charge in [-0.3, -0.25) is 9.59 Å². The summed E-state index contributed by atoms with van der Waals surface area (Å²) in [6.07, 6.45) is 6.65. The van der Waals surface area contributed by atoms with E-state index >= 15 is 0 Å². The Bertz CT molecular complexity index is 677. The van der Waals surface area contributed by atoms with Crippen LogP contribution in [0.1, 0.15) is 18.9 Å². The minimum atomic E-state index is -0.199. The highest BCUT2D eigenvalue weighted by molar-refractivity contribution is 6.06. The Labute approximate surface area is 134 Å². The molecule has 2 fully saturated rings. The SMILES string of the molecule is CCOc1ccc(/C=N\N2C(=O)[C@@H]3[C@@H](C2=O)[C@H]2C=C[C@H]3C2)cc1. The van der Waals surface area contributed by atoms with Crippen LogP contribution >= 0.6 is 0 Å². The normalized spacial score (nSPS) is 31.4. The number of hydrogen-bond donors (Lipinski definition) is 0. The van der Waals surface area contributed by atoms with Gasteiger partial charge in [-0.05, 0) is 55.0 Å². The molecule has 1 saturated heterocycles. The van der Waals surface area contributed by atoms with E-state index in [0.717, 1.165) is 22.7 Å². The number of hydrazone groups is 1. The zero-order chi connectivity index (χ0) is 16.0. The number of rotatable bonds is 4. The third-order valence-corrected chi connectivity index (χ3v) is 4.96. The molecule has 5 nitrogen and oxygen atoms in total. The van der Waals surface area contributed by atoms with E-state index in [9.17, 15) is 9.59 Å². The molecule has 1 aliphatic heterocycles. The molecular weight excluding hydrogens is 292 g/mol. The first-order chi connectivity index (χ1) is 11.2. The number of allylic oxidation sites excluding steroid dienone is 2. The standard InChI is InChI=1S/C18H18N2O3/c1-2-23-14-7-3-11(4-8-14)10-19-20-17(21)15-12-5-6-13(9-12)16(15)18(20)22/h3-8,10,12-13,15-16H,2,9H2,1H3/b19-10-/t12-,13-,15-,16-/m0/s1. The summed E-state index contributed by atoms with van der Waals surface area (Å²) in [5.74, 6) is 0.512. The Kier molecular flexibility index (Phi) is 3.29. The molecule has 3 aliphatic rings. The molecular formula is C18H18N2O3. The minimum Gasteiger partial charge on any atom is -0.494 e. The number of amides is 2. The lowest BCUT2D eigenvalue weighted by Gasteiger charge is -2.13. The fourth-order valence-corrected chi connectivity index (χ4v) is 3.94. The Morgan fingerprint density at radius 3 is 2.30 bits per heavy atom. The van der Waals surface area contributed by atoms with Crippen LogP contribution in [0.5, 0.6) is 5.75 Å². The summed E-state index contributed by atoms with van der Waals surface area (Å²) >= 11 is 0. The Hall–Kier alpha value is -2.43. The van der Waals surface area contributed by atoms with Gasteiger partial charge in [0.15, 0.2) is 0 Å². The first-order valence-corrected chi connectivity index (χ1v) is 8.02. The molecule has 1 aromatic carbocycles. The third-order valence-electron chi connectivity index (χ3n) is 4.96. The fraction of sp³-hybridized carbons (Fsp3) is 0.389. The fourth-order valence-electron chi connectivity index (χ4n) is 3.94. The van der Waals surface area contributed by atoms with Crippen LogP contribution in [0.2, 0.25) is 0 Å². The lowest BCUT2D eigenvalue weighted by molar-refractivity contribution is -0.140. The monoisotopic (exact) mass is 310 g/mol. The quantitative estimate of drug-likeness (QED) is 0.487. The molecule has 4 atom stereocenters. The molecule has 2 bridgehead atoms. The maximum absolute atomic E-state index is 12.5. The van der Waals surface area contributed by atoms with Crippen molar-refractivity contribution in [3.63, 3.8) is 0 Å². The van der Waals surface area contributed by atoms with Gasteiger partial charge in [0.1, 0.15) is 5.75 Å². The average Bonchev–Trinajstić information content (AvgIpc) is 3.22. The summed E-state index contributed by atoms with van der Waals surface area (Å²) in [7, 11) is 0. The summed E-state index contributed by atoms with van der Waals surface area (Å²) in [4.78, 5) is 25.0. The minimum absolute atomic E-state index is 0.154. The molecule has 0 N–H and O–H groups in total. The molecule has 0 radical (unpaired) electrons. The predicted molar refractivity (Wildman–Crippen MR) is 84.8 cm³/mol. The van der Waals surface area contributed by atoms with E-state index in [1.54, 1.807) is 6.21 Å². The van der Waals surface area contributed by atoms with E-state index < -0.39 is 0 Å². The van der Waals surface area contributed by atoms with Crippen molar-refractivity contribution in [2.45, 2.75) is 13.3 Å². The van der Waals surface area contributed by atoms with Gasteiger partial charge < -0.3 is 4.74 Å². The molecule has 2 amide bonds. The van der Waals surface area contributed by atoms with Crippen LogP contribution < -0.4 is 4.74 Å². The summed E-state index contributed by atoms with van der Waals surface area (Å²) in [5.41, 5.74) is 0.826. The molecule has 0 spiro atoms. The highest BCUT2D eigenvalue weighted by Crippen LogP contribution is 2.52. The van der Waals surface area contributed by atoms with Gasteiger partial charge in [0, 0.05) is 0 Å². The second kappa shape index (κ2) is 5.33. The van der Waals surface area contributed by atoms with Crippen molar-refractivity contribution < 1.29 is 14.3 Å². The molecule has 1 saturated carbocycles. The number of carbonyl (C=O) groups excluding carboxylic acids is 2. The van der Waals surface area contributed by atoms with Crippen LogP contribution in [-0.4, -0.2) is 29.6 Å². The number of carbonyl (C=O) groups is 2. The second-order valence-corrected chi connectivity index (χ2v) is 6.23. The second-order valence-electron chi connectivity index (χ2n) is 6.23. The van der Waals surface area contributed by atoms with E-state index in [4.69, 9.17) is 4.74 Å². The Morgan fingerprint density at radius 1 is 1.13 bits per heavy atom. The van der Waals surface area contributed by atoms with Crippen molar-refractivity contribution in [1.29, 1.82) is 0 Å². The van der Waals surface area contributed by atoms with Gasteiger partial charge in [-0.2, -0.15) is 10.1 Å². The van der Waals surface area contributed by atoms with Gasteiger partial charge in [-0.15, -0.1) is 0 Å². The van der Waals surface area contributed by atoms with E-state index in [0.29, 0.717) is 6.61 Å². The molecule has 23 heavy (non-hydrogen) atoms. The van der Waals surface area contributed by atoms with E-state index in [2.05, 4.69) is 17.3 Å². The molecule has 4 rings (SSSR count). The zero-order valence-electron chi connectivity index (χ0n) is 12.9. The van der Waals surface area contributed by atoms with Gasteiger partial charge in [0.2, 0.25) is 0 Å². The molecule has 1 heterocycles. The maximum Gasteiger partial charge on any atom is 0.254 e. The van der Waals surface area contributed by atoms with Crippen LogP contribution in [0, 0.1) is 23.7 Å². The van der Waals surface area contributed by atoms with E-state index in [1.165, 1.54) is 0 Å². The van der Waals surface area contributed by atoms with Crippen LogP contribution in [0.25, 0.3) is 0 Å². The van der Waals surface area contributed by atoms with Crippen LogP contribution in [0.4, 0.5) is 0 Å². The largest absolute Gasteiger partial charge is 0.494 e. The van der Waals surface area contributed by atoms with Crippen LogP contribution in [-0.2, 0) is 9.59 Å². The highest BCUT2D eigenvalue weighted by Gasteiger charge is 2.59. The van der Waals surface area contributed by atoms with Crippen molar-refractivity contribution in [2.75, 3.05) is 6.61 Å². The smallest absolute Gasteiger partial charge is 0.254 e. The Morgan fingerprint density at radius 2 is 1.74 bits per heavy atom. The number of ether oxygens (including phenoxy) is 1. The molecule has 5 heteroatoms. The summed E-state index contributed by atoms with van der Waals surface area (Å²) in [6.45, 7) is 2.54. The van der Waals surface area contributed by atoms with Crippen molar-refractivity contribution in [3.8, 4) is 5.75 Å². The number of fused-ring (bicyclic) bond motifs is 5. The molecule has 0 aromatic heterocycles. The van der Waals surface area contributed by atoms with Crippen LogP contribution in [0.3, 0.4) is 0 Å². The van der Waals surface area contributed by atoms with Gasteiger partial charge in [-0.1, -0.05) is 12.2 Å². The lowest BCUT2D eigenvalue weighted by Crippen LogP contribution is -2.28. The number of imide groups is 1. The molecule has 0 unspecified atom stereocenters.